The van der Waals surface area contributed by atoms with Crippen LogP contribution >= 0.6 is 0 Å². The van der Waals surface area contributed by atoms with Crippen molar-refractivity contribution in [3.8, 4) is 5.75 Å². The van der Waals surface area contributed by atoms with Crippen LogP contribution < -0.4 is 24.6 Å². The number of aromatic nitrogens is 3. The Hall–Kier alpha value is -4.14. The van der Waals surface area contributed by atoms with Gasteiger partial charge >= 0.3 is 0 Å². The van der Waals surface area contributed by atoms with E-state index < -0.39 is 15.8 Å². The Balaban J connectivity index is 1.12. The quantitative estimate of drug-likeness (QED) is 0.257. The minimum Gasteiger partial charge on any atom is -0.495 e. The molecule has 2 saturated heterocycles. The number of hydrogen-bond acceptors (Lipinski definition) is 10. The lowest BCUT2D eigenvalue weighted by Crippen LogP contribution is -2.52. The number of piperazine rings is 1. The number of anilines is 6. The third-order valence-corrected chi connectivity index (χ3v) is 10.6. The number of nitrogens with zero attached hydrogens (tertiary/aromatic N) is 6. The number of para-hydroxylation sites is 1. The first-order chi connectivity index (χ1) is 22.2. The van der Waals surface area contributed by atoms with Crippen LogP contribution in [0.3, 0.4) is 0 Å². The van der Waals surface area contributed by atoms with E-state index in [1.807, 2.05) is 24.3 Å². The van der Waals surface area contributed by atoms with Gasteiger partial charge in [-0.25, -0.2) is 12.8 Å². The monoisotopic (exact) mass is 649 g/mol. The zero-order chi connectivity index (χ0) is 32.0. The second-order valence-corrected chi connectivity index (χ2v) is 14.3. The van der Waals surface area contributed by atoms with E-state index in [0.29, 0.717) is 53.0 Å². The SMILES string of the molecule is COc1cc(Nc2nc(Nc3cccc4c3N(S(C)(=O)=O)CC4)c3cc[nH]c3n2)c(F)cc1N1CCC(N2CCN(C)CC2)CC1. The number of methoxy groups -OCH3 is 1. The Morgan fingerprint density at radius 2 is 1.76 bits per heavy atom. The molecular formula is C32H40FN9O3S. The zero-order valence-electron chi connectivity index (χ0n) is 26.4. The van der Waals surface area contributed by atoms with Crippen LogP contribution in [0.4, 0.5) is 38.9 Å². The van der Waals surface area contributed by atoms with Gasteiger partial charge in [0.15, 0.2) is 0 Å². The highest BCUT2D eigenvalue weighted by Gasteiger charge is 2.30. The summed E-state index contributed by atoms with van der Waals surface area (Å²) < 4.78 is 48.0. The molecule has 3 aliphatic rings. The minimum atomic E-state index is -3.46. The van der Waals surface area contributed by atoms with E-state index in [-0.39, 0.29) is 11.6 Å². The van der Waals surface area contributed by atoms with Crippen molar-refractivity contribution in [1.82, 2.24) is 24.8 Å². The van der Waals surface area contributed by atoms with Gasteiger partial charge in [-0.2, -0.15) is 9.97 Å². The van der Waals surface area contributed by atoms with Crippen molar-refractivity contribution in [3.63, 3.8) is 0 Å². The summed E-state index contributed by atoms with van der Waals surface area (Å²) in [5.74, 6) is 0.759. The molecule has 0 saturated carbocycles. The van der Waals surface area contributed by atoms with E-state index in [0.717, 1.165) is 63.4 Å². The van der Waals surface area contributed by atoms with Crippen LogP contribution in [0, 0.1) is 5.82 Å². The average molecular weight is 650 g/mol. The lowest BCUT2D eigenvalue weighted by molar-refractivity contribution is 0.0981. The molecule has 0 bridgehead atoms. The molecular weight excluding hydrogens is 609 g/mol. The standard InChI is InChI=1S/C32H40FN9O3S/c1-39-15-17-40(18-16-39)22-9-12-41(13-10-22)27-19-24(33)26(20-28(27)45-2)36-32-37-30-23(7-11-34-30)31(38-32)35-25-6-4-5-21-8-14-42(29(21)25)46(3,43)44/h4-7,11,19-20,22H,8-10,12-18H2,1-3H3,(H3,34,35,36,37,38). The summed E-state index contributed by atoms with van der Waals surface area (Å²) in [4.78, 5) is 19.6. The van der Waals surface area contributed by atoms with E-state index in [2.05, 4.69) is 42.3 Å². The predicted molar refractivity (Wildman–Crippen MR) is 180 cm³/mol. The molecule has 12 nitrogen and oxygen atoms in total. The smallest absolute Gasteiger partial charge is 0.232 e. The molecule has 4 aromatic rings. The number of hydrogen-bond donors (Lipinski definition) is 3. The molecule has 3 N–H and O–H groups in total. The van der Waals surface area contributed by atoms with Crippen LogP contribution in [0.1, 0.15) is 18.4 Å². The number of benzene rings is 2. The topological polar surface area (TPSA) is 122 Å². The van der Waals surface area contributed by atoms with E-state index in [1.165, 1.54) is 16.6 Å². The largest absolute Gasteiger partial charge is 0.495 e. The van der Waals surface area contributed by atoms with E-state index in [4.69, 9.17) is 9.72 Å². The van der Waals surface area contributed by atoms with Crippen LogP contribution in [0.25, 0.3) is 11.0 Å². The molecule has 3 aliphatic heterocycles. The van der Waals surface area contributed by atoms with Crippen molar-refractivity contribution < 1.29 is 17.5 Å². The van der Waals surface area contributed by atoms with Gasteiger partial charge in [-0.1, -0.05) is 12.1 Å². The van der Waals surface area contributed by atoms with Crippen molar-refractivity contribution in [2.75, 3.05) is 86.1 Å². The second-order valence-electron chi connectivity index (χ2n) is 12.3. The molecule has 0 amide bonds. The maximum Gasteiger partial charge on any atom is 0.232 e. The normalized spacial score (nSPS) is 18.3. The number of aromatic amines is 1. The van der Waals surface area contributed by atoms with Crippen molar-refractivity contribution in [2.24, 2.45) is 0 Å². The van der Waals surface area contributed by atoms with Gasteiger partial charge in [0.1, 0.15) is 23.0 Å². The van der Waals surface area contributed by atoms with Crippen LogP contribution in [0.2, 0.25) is 0 Å². The fraction of sp³-hybridized carbons (Fsp3) is 0.438. The fourth-order valence-electron chi connectivity index (χ4n) is 6.90. The van der Waals surface area contributed by atoms with Crippen molar-refractivity contribution in [2.45, 2.75) is 25.3 Å². The Morgan fingerprint density at radius 1 is 0.978 bits per heavy atom. The molecule has 7 rings (SSSR count). The maximum atomic E-state index is 15.7. The lowest BCUT2D eigenvalue weighted by atomic mass is 10.0. The van der Waals surface area contributed by atoms with Gasteiger partial charge in [0, 0.05) is 70.2 Å². The highest BCUT2D eigenvalue weighted by molar-refractivity contribution is 7.92. The molecule has 0 aliphatic carbocycles. The van der Waals surface area contributed by atoms with Crippen molar-refractivity contribution in [3.05, 3.63) is 54.0 Å². The molecule has 2 fully saturated rings. The van der Waals surface area contributed by atoms with E-state index in [1.54, 1.807) is 19.4 Å². The molecule has 0 spiro atoms. The Bertz CT molecular complexity index is 1850. The fourth-order valence-corrected chi connectivity index (χ4v) is 7.87. The number of piperidine rings is 1. The Kier molecular flexibility index (Phi) is 8.11. The predicted octanol–water partition coefficient (Wildman–Crippen LogP) is 4.13. The second kappa shape index (κ2) is 12.2. The van der Waals surface area contributed by atoms with Gasteiger partial charge in [0.25, 0.3) is 0 Å². The third-order valence-electron chi connectivity index (χ3n) is 9.40. The van der Waals surface area contributed by atoms with Crippen molar-refractivity contribution in [1.29, 1.82) is 0 Å². The Labute approximate surface area is 268 Å². The summed E-state index contributed by atoms with van der Waals surface area (Å²) in [5.41, 5.74) is 3.63. The van der Waals surface area contributed by atoms with Gasteiger partial charge in [0.2, 0.25) is 16.0 Å². The lowest BCUT2D eigenvalue weighted by Gasteiger charge is -2.42. The first-order valence-electron chi connectivity index (χ1n) is 15.7. The van der Waals surface area contributed by atoms with Crippen LogP contribution in [-0.4, -0.2) is 105 Å². The average Bonchev–Trinajstić information content (AvgIpc) is 3.71. The maximum absolute atomic E-state index is 15.7. The zero-order valence-corrected chi connectivity index (χ0v) is 27.2. The molecule has 2 aromatic heterocycles. The molecule has 0 atom stereocenters. The van der Waals surface area contributed by atoms with Crippen LogP contribution in [0.15, 0.2) is 42.6 Å². The number of halogens is 1. The summed E-state index contributed by atoms with van der Waals surface area (Å²) in [7, 11) is 0.305. The third kappa shape index (κ3) is 5.92. The first kappa shape index (κ1) is 30.5. The number of ether oxygens (including phenoxy) is 1. The number of sulfonamides is 1. The number of nitrogens with one attached hydrogen (secondary N) is 3. The number of likely N-dealkylation sites (N-methyl/N-ethyl adjacent to an activating group) is 1. The first-order valence-corrected chi connectivity index (χ1v) is 17.6. The number of rotatable bonds is 8. The molecule has 2 aromatic carbocycles. The van der Waals surface area contributed by atoms with Gasteiger partial charge in [-0.3, -0.25) is 9.21 Å². The molecule has 0 radical (unpaired) electrons. The van der Waals surface area contributed by atoms with Gasteiger partial charge in [0.05, 0.1) is 41.5 Å². The highest BCUT2D eigenvalue weighted by atomic mass is 32.2. The summed E-state index contributed by atoms with van der Waals surface area (Å²) in [6.45, 7) is 6.44. The molecule has 5 heterocycles. The minimum absolute atomic E-state index is 0.173. The summed E-state index contributed by atoms with van der Waals surface area (Å²) >= 11 is 0. The molecule has 14 heteroatoms. The number of fused-ring (bicyclic) bond motifs is 2. The number of H-pyrrole nitrogens is 1. The molecule has 46 heavy (non-hydrogen) atoms. The summed E-state index contributed by atoms with van der Waals surface area (Å²) in [5, 5.41) is 7.09. The molecule has 244 valence electrons. The Morgan fingerprint density at radius 3 is 2.50 bits per heavy atom. The van der Waals surface area contributed by atoms with Gasteiger partial charge in [-0.15, -0.1) is 0 Å². The van der Waals surface area contributed by atoms with E-state index in [9.17, 15) is 8.42 Å². The van der Waals surface area contributed by atoms with Gasteiger partial charge in [-0.05, 0) is 44.0 Å². The van der Waals surface area contributed by atoms with Crippen LogP contribution in [-0.2, 0) is 16.4 Å². The summed E-state index contributed by atoms with van der Waals surface area (Å²) in [6, 6.07) is 11.2. The van der Waals surface area contributed by atoms with Gasteiger partial charge < -0.3 is 30.2 Å². The van der Waals surface area contributed by atoms with Crippen LogP contribution in [0.5, 0.6) is 5.75 Å². The highest BCUT2D eigenvalue weighted by Crippen LogP contribution is 2.40. The summed E-state index contributed by atoms with van der Waals surface area (Å²) in [6.07, 6.45) is 5.64. The van der Waals surface area contributed by atoms with Crippen molar-refractivity contribution >= 4 is 55.6 Å². The van der Waals surface area contributed by atoms with E-state index >= 15 is 4.39 Å². The molecule has 0 unspecified atom stereocenters.